The Balaban J connectivity index is 2.82. The van der Waals surface area contributed by atoms with Crippen molar-refractivity contribution in [1.82, 2.24) is 0 Å². The van der Waals surface area contributed by atoms with Crippen molar-refractivity contribution >= 4 is 11.9 Å². The van der Waals surface area contributed by atoms with Gasteiger partial charge in [0.05, 0.1) is 6.61 Å². The second-order valence-corrected chi connectivity index (χ2v) is 4.08. The van der Waals surface area contributed by atoms with Crippen LogP contribution in [0.5, 0.6) is 0 Å². The van der Waals surface area contributed by atoms with Crippen LogP contribution >= 0.6 is 0 Å². The van der Waals surface area contributed by atoms with Crippen molar-refractivity contribution in [3.05, 3.63) is 0 Å². The van der Waals surface area contributed by atoms with Crippen LogP contribution in [0.15, 0.2) is 0 Å². The van der Waals surface area contributed by atoms with Crippen molar-refractivity contribution in [3.8, 4) is 0 Å². The highest BCUT2D eigenvalue weighted by Crippen LogP contribution is 2.27. The summed E-state index contributed by atoms with van der Waals surface area (Å²) in [4.78, 5) is 22.8. The van der Waals surface area contributed by atoms with Crippen LogP contribution in [0.2, 0.25) is 0 Å². The fraction of sp³-hybridized carbons (Fsp3) is 0.833. The summed E-state index contributed by atoms with van der Waals surface area (Å²) >= 11 is 0. The summed E-state index contributed by atoms with van der Waals surface area (Å²) in [7, 11) is 1.38. The van der Waals surface area contributed by atoms with Crippen molar-refractivity contribution in [1.29, 1.82) is 0 Å². The van der Waals surface area contributed by atoms with E-state index in [1.165, 1.54) is 7.11 Å². The highest BCUT2D eigenvalue weighted by Gasteiger charge is 2.49. The lowest BCUT2D eigenvalue weighted by atomic mass is 10.1. The van der Waals surface area contributed by atoms with E-state index in [-0.39, 0.29) is 19.4 Å². The van der Waals surface area contributed by atoms with E-state index in [1.807, 2.05) is 0 Å². The molecule has 1 heterocycles. The van der Waals surface area contributed by atoms with Crippen LogP contribution in [0.25, 0.3) is 0 Å². The molecule has 0 aromatic rings. The Morgan fingerprint density at radius 1 is 1.11 bits per heavy atom. The largest absolute Gasteiger partial charge is 0.455 e. The normalized spacial score (nSPS) is 30.1. The van der Waals surface area contributed by atoms with Crippen LogP contribution < -0.4 is 0 Å². The zero-order valence-corrected chi connectivity index (χ0v) is 11.3. The molecule has 0 bridgehead atoms. The van der Waals surface area contributed by atoms with Crippen molar-refractivity contribution in [2.75, 3.05) is 13.7 Å². The van der Waals surface area contributed by atoms with Gasteiger partial charge in [0.15, 0.2) is 18.5 Å². The third-order valence-corrected chi connectivity index (χ3v) is 2.79. The Bertz CT molecular complexity index is 287. The van der Waals surface area contributed by atoms with Gasteiger partial charge in [-0.05, 0) is 0 Å². The highest BCUT2D eigenvalue weighted by atomic mass is 16.7. The maximum Gasteiger partial charge on any atom is 0.306 e. The topological polar surface area (TPSA) is 91.3 Å². The first-order valence-corrected chi connectivity index (χ1v) is 6.25. The number of hydrogen-bond donors (Lipinski definition) is 1. The van der Waals surface area contributed by atoms with E-state index in [1.54, 1.807) is 13.8 Å². The molecule has 0 saturated carbocycles. The molecule has 1 aliphatic heterocycles. The fourth-order valence-electron chi connectivity index (χ4n) is 1.77. The second kappa shape index (κ2) is 7.42. The Kier molecular flexibility index (Phi) is 6.20. The molecule has 0 amide bonds. The number of aliphatic hydroxyl groups is 1. The maximum atomic E-state index is 11.4. The number of carbonyl (C=O) groups excluding carboxylic acids is 2. The van der Waals surface area contributed by atoms with Crippen LogP contribution in [0, 0.1) is 0 Å². The second-order valence-electron chi connectivity index (χ2n) is 4.08. The summed E-state index contributed by atoms with van der Waals surface area (Å²) in [6.07, 6.45) is -2.99. The number of hydrogen-bond acceptors (Lipinski definition) is 7. The first-order chi connectivity index (χ1) is 9.07. The first-order valence-electron chi connectivity index (χ1n) is 6.25. The third kappa shape index (κ3) is 3.89. The lowest BCUT2D eigenvalue weighted by molar-refractivity contribution is -0.182. The molecule has 19 heavy (non-hydrogen) atoms. The molecule has 0 radical (unpaired) electrons. The number of aliphatic hydroxyl groups excluding tert-OH is 1. The number of ether oxygens (including phenoxy) is 4. The quantitative estimate of drug-likeness (QED) is 0.682. The van der Waals surface area contributed by atoms with E-state index in [2.05, 4.69) is 0 Å². The Morgan fingerprint density at radius 2 is 1.63 bits per heavy atom. The summed E-state index contributed by atoms with van der Waals surface area (Å²) in [5.74, 6) is -0.909. The SMILES string of the molecule is CCC(=O)OC1[C@@H](CO)O[C@@H](OC)[C@H]1OC(=O)CC. The molecule has 7 heteroatoms. The molecule has 1 rings (SSSR count). The average Bonchev–Trinajstić information content (AvgIpc) is 2.75. The number of carbonyl (C=O) groups is 2. The summed E-state index contributed by atoms with van der Waals surface area (Å²) in [5, 5.41) is 9.23. The van der Waals surface area contributed by atoms with Gasteiger partial charge in [0, 0.05) is 20.0 Å². The summed E-state index contributed by atoms with van der Waals surface area (Å²) in [6, 6.07) is 0. The molecule has 7 nitrogen and oxygen atoms in total. The van der Waals surface area contributed by atoms with Crippen LogP contribution in [0.4, 0.5) is 0 Å². The van der Waals surface area contributed by atoms with Crippen molar-refractivity contribution < 1.29 is 33.6 Å². The average molecular weight is 276 g/mol. The van der Waals surface area contributed by atoms with Crippen molar-refractivity contribution in [2.24, 2.45) is 0 Å². The van der Waals surface area contributed by atoms with Gasteiger partial charge < -0.3 is 24.1 Å². The molecule has 0 aromatic heterocycles. The van der Waals surface area contributed by atoms with E-state index in [0.29, 0.717) is 0 Å². The minimum atomic E-state index is -0.870. The number of methoxy groups -OCH3 is 1. The summed E-state index contributed by atoms with van der Waals surface area (Å²) in [6.45, 7) is 2.94. The molecule has 1 aliphatic rings. The van der Waals surface area contributed by atoms with Crippen LogP contribution in [-0.2, 0) is 28.5 Å². The van der Waals surface area contributed by atoms with Crippen molar-refractivity contribution in [2.45, 2.75) is 51.3 Å². The van der Waals surface area contributed by atoms with Crippen molar-refractivity contribution in [3.63, 3.8) is 0 Å². The Hall–Kier alpha value is -1.18. The molecule has 0 aromatic carbocycles. The van der Waals surface area contributed by atoms with Gasteiger partial charge in [0.25, 0.3) is 0 Å². The highest BCUT2D eigenvalue weighted by molar-refractivity contribution is 5.70. The minimum Gasteiger partial charge on any atom is -0.455 e. The Labute approximate surface area is 111 Å². The van der Waals surface area contributed by atoms with E-state index in [9.17, 15) is 14.7 Å². The van der Waals surface area contributed by atoms with E-state index >= 15 is 0 Å². The smallest absolute Gasteiger partial charge is 0.306 e. The Morgan fingerprint density at radius 3 is 2.05 bits per heavy atom. The maximum absolute atomic E-state index is 11.4. The third-order valence-electron chi connectivity index (χ3n) is 2.79. The van der Waals surface area contributed by atoms with Crippen LogP contribution in [-0.4, -0.2) is 55.4 Å². The molecule has 0 spiro atoms. The molecule has 1 saturated heterocycles. The zero-order chi connectivity index (χ0) is 14.4. The zero-order valence-electron chi connectivity index (χ0n) is 11.3. The standard InChI is InChI=1S/C12H20O7/c1-4-8(14)18-10-7(6-13)17-12(16-3)11(10)19-9(15)5-2/h7,10-13H,4-6H2,1-3H3/t7-,10?,11+,12-/m1/s1. The molecule has 4 atom stereocenters. The molecule has 0 aliphatic carbocycles. The molecular formula is C12H20O7. The van der Waals surface area contributed by atoms with Gasteiger partial charge in [-0.25, -0.2) is 0 Å². The number of rotatable bonds is 6. The summed E-state index contributed by atoms with van der Waals surface area (Å²) in [5.41, 5.74) is 0. The molecule has 1 fully saturated rings. The lowest BCUT2D eigenvalue weighted by Crippen LogP contribution is -2.41. The minimum absolute atomic E-state index is 0.181. The molecule has 110 valence electrons. The molecule has 1 N–H and O–H groups in total. The van der Waals surface area contributed by atoms with Gasteiger partial charge in [-0.15, -0.1) is 0 Å². The van der Waals surface area contributed by atoms with Gasteiger partial charge >= 0.3 is 11.9 Å². The van der Waals surface area contributed by atoms with Crippen LogP contribution in [0.1, 0.15) is 26.7 Å². The van der Waals surface area contributed by atoms with E-state index < -0.39 is 36.5 Å². The van der Waals surface area contributed by atoms with E-state index in [4.69, 9.17) is 18.9 Å². The van der Waals surface area contributed by atoms with Gasteiger partial charge in [-0.3, -0.25) is 9.59 Å². The monoisotopic (exact) mass is 276 g/mol. The predicted octanol–water partition coefficient (Wildman–Crippen LogP) is -0.00640. The predicted molar refractivity (Wildman–Crippen MR) is 63.1 cm³/mol. The lowest BCUT2D eigenvalue weighted by Gasteiger charge is -2.23. The first kappa shape index (κ1) is 15.9. The fourth-order valence-corrected chi connectivity index (χ4v) is 1.77. The van der Waals surface area contributed by atoms with Gasteiger partial charge in [0.2, 0.25) is 0 Å². The van der Waals surface area contributed by atoms with Gasteiger partial charge in [-0.1, -0.05) is 13.8 Å². The van der Waals surface area contributed by atoms with Gasteiger partial charge in [0.1, 0.15) is 6.10 Å². The molecule has 1 unspecified atom stereocenters. The molecular weight excluding hydrogens is 256 g/mol. The van der Waals surface area contributed by atoms with Crippen LogP contribution in [0.3, 0.4) is 0 Å². The van der Waals surface area contributed by atoms with Gasteiger partial charge in [-0.2, -0.15) is 0 Å². The van der Waals surface area contributed by atoms with E-state index in [0.717, 1.165) is 0 Å². The summed E-state index contributed by atoms with van der Waals surface area (Å²) < 4.78 is 20.7. The number of esters is 2.